The molecular formula is C11H11Cl2N5O. The average Bonchev–Trinajstić information content (AvgIpc) is 2.36. The van der Waals surface area contributed by atoms with Gasteiger partial charge in [0.1, 0.15) is 10.8 Å². The number of pyridine rings is 1. The van der Waals surface area contributed by atoms with Crippen molar-refractivity contribution in [2.75, 3.05) is 11.9 Å². The summed E-state index contributed by atoms with van der Waals surface area (Å²) in [6.07, 6.45) is -0.525. The molecule has 0 saturated carbocycles. The summed E-state index contributed by atoms with van der Waals surface area (Å²) in [7, 11) is 0. The Hall–Kier alpha value is -1.50. The molecule has 0 saturated heterocycles. The van der Waals surface area contributed by atoms with Crippen molar-refractivity contribution in [1.82, 2.24) is 19.9 Å². The molecular weight excluding hydrogens is 289 g/mol. The minimum atomic E-state index is -0.525. The van der Waals surface area contributed by atoms with E-state index in [-0.39, 0.29) is 11.2 Å². The van der Waals surface area contributed by atoms with E-state index in [1.54, 1.807) is 25.1 Å². The summed E-state index contributed by atoms with van der Waals surface area (Å²) in [6, 6.07) is 5.11. The standard InChI is InChI=1S/C11H11Cl2N5O/c1-6(19)5-14-11-17-9(16-10(13)18-11)7-3-2-4-8(12)15-7/h2-4,6,19H,5H2,1H3,(H,14,16,17,18). The van der Waals surface area contributed by atoms with Gasteiger partial charge in [-0.15, -0.1) is 0 Å². The number of aliphatic hydroxyl groups is 1. The number of aromatic nitrogens is 4. The van der Waals surface area contributed by atoms with Crippen molar-refractivity contribution >= 4 is 29.2 Å². The molecule has 1 unspecified atom stereocenters. The molecule has 6 nitrogen and oxygen atoms in total. The van der Waals surface area contributed by atoms with Crippen LogP contribution in [0.3, 0.4) is 0 Å². The maximum atomic E-state index is 9.21. The van der Waals surface area contributed by atoms with E-state index < -0.39 is 6.10 Å². The van der Waals surface area contributed by atoms with Crippen LogP contribution in [0.15, 0.2) is 18.2 Å². The first kappa shape index (κ1) is 13.9. The molecule has 0 aliphatic carbocycles. The maximum absolute atomic E-state index is 9.21. The Morgan fingerprint density at radius 3 is 2.68 bits per heavy atom. The molecule has 100 valence electrons. The molecule has 1 atom stereocenters. The van der Waals surface area contributed by atoms with Gasteiger partial charge in [-0.3, -0.25) is 0 Å². The fraction of sp³-hybridized carbons (Fsp3) is 0.273. The number of anilines is 1. The van der Waals surface area contributed by atoms with Gasteiger partial charge >= 0.3 is 0 Å². The summed E-state index contributed by atoms with van der Waals surface area (Å²) in [6.45, 7) is 1.96. The normalized spacial score (nSPS) is 12.2. The summed E-state index contributed by atoms with van der Waals surface area (Å²) < 4.78 is 0. The summed E-state index contributed by atoms with van der Waals surface area (Å²) in [5.41, 5.74) is 0.497. The maximum Gasteiger partial charge on any atom is 0.227 e. The van der Waals surface area contributed by atoms with Crippen LogP contribution in [0.2, 0.25) is 10.4 Å². The van der Waals surface area contributed by atoms with Crippen molar-refractivity contribution < 1.29 is 5.11 Å². The fourth-order valence-corrected chi connectivity index (χ4v) is 1.64. The molecule has 0 spiro atoms. The first-order valence-corrected chi connectivity index (χ1v) is 6.26. The van der Waals surface area contributed by atoms with Gasteiger partial charge in [0.05, 0.1) is 6.10 Å². The van der Waals surface area contributed by atoms with Crippen LogP contribution in [0, 0.1) is 0 Å². The predicted octanol–water partition coefficient (Wildman–Crippen LogP) is 2.03. The Morgan fingerprint density at radius 2 is 2.00 bits per heavy atom. The van der Waals surface area contributed by atoms with E-state index in [1.807, 2.05) is 0 Å². The van der Waals surface area contributed by atoms with Crippen molar-refractivity contribution in [2.45, 2.75) is 13.0 Å². The van der Waals surface area contributed by atoms with Crippen LogP contribution in [0.1, 0.15) is 6.92 Å². The van der Waals surface area contributed by atoms with Gasteiger partial charge in [0, 0.05) is 6.54 Å². The minimum Gasteiger partial charge on any atom is -0.392 e. The van der Waals surface area contributed by atoms with Crippen LogP contribution in [0.5, 0.6) is 0 Å². The molecule has 2 rings (SSSR count). The molecule has 2 aromatic heterocycles. The van der Waals surface area contributed by atoms with E-state index in [1.165, 1.54) is 0 Å². The van der Waals surface area contributed by atoms with Gasteiger partial charge in [-0.2, -0.15) is 15.0 Å². The van der Waals surface area contributed by atoms with Crippen LogP contribution >= 0.6 is 23.2 Å². The molecule has 0 aliphatic rings. The number of hydrogen-bond acceptors (Lipinski definition) is 6. The topological polar surface area (TPSA) is 83.8 Å². The van der Waals surface area contributed by atoms with Gasteiger partial charge in [-0.05, 0) is 30.7 Å². The Bertz CT molecular complexity index is 579. The third-order valence-electron chi connectivity index (χ3n) is 2.11. The first-order valence-electron chi connectivity index (χ1n) is 5.51. The zero-order valence-corrected chi connectivity index (χ0v) is 11.5. The number of nitrogens with one attached hydrogen (secondary N) is 1. The summed E-state index contributed by atoms with van der Waals surface area (Å²) in [5.74, 6) is 0.591. The van der Waals surface area contributed by atoms with E-state index in [2.05, 4.69) is 25.3 Å². The summed E-state index contributed by atoms with van der Waals surface area (Å²) in [5, 5.41) is 12.4. The molecule has 2 N–H and O–H groups in total. The largest absolute Gasteiger partial charge is 0.392 e. The van der Waals surface area contributed by atoms with Crippen LogP contribution in [0.25, 0.3) is 11.5 Å². The van der Waals surface area contributed by atoms with Crippen molar-refractivity contribution in [1.29, 1.82) is 0 Å². The Morgan fingerprint density at radius 1 is 1.21 bits per heavy atom. The molecule has 19 heavy (non-hydrogen) atoms. The van der Waals surface area contributed by atoms with Crippen molar-refractivity contribution in [3.05, 3.63) is 28.6 Å². The minimum absolute atomic E-state index is 0.0415. The number of hydrogen-bond donors (Lipinski definition) is 2. The molecule has 8 heteroatoms. The van der Waals surface area contributed by atoms with Crippen LogP contribution < -0.4 is 5.32 Å². The zero-order valence-electron chi connectivity index (χ0n) is 10.0. The Balaban J connectivity index is 2.31. The molecule has 0 amide bonds. The highest BCUT2D eigenvalue weighted by molar-refractivity contribution is 6.29. The smallest absolute Gasteiger partial charge is 0.227 e. The summed E-state index contributed by atoms with van der Waals surface area (Å²) in [4.78, 5) is 16.2. The third kappa shape index (κ3) is 3.99. The first-order chi connectivity index (χ1) is 9.04. The van der Waals surface area contributed by atoms with Crippen molar-refractivity contribution in [2.24, 2.45) is 0 Å². The fourth-order valence-electron chi connectivity index (χ4n) is 1.32. The van der Waals surface area contributed by atoms with Crippen LogP contribution in [0.4, 0.5) is 5.95 Å². The molecule has 0 bridgehead atoms. The predicted molar refractivity (Wildman–Crippen MR) is 73.2 cm³/mol. The lowest BCUT2D eigenvalue weighted by molar-refractivity contribution is 0.208. The molecule has 0 fully saturated rings. The monoisotopic (exact) mass is 299 g/mol. The SMILES string of the molecule is CC(O)CNc1nc(Cl)nc(-c2cccc(Cl)n2)n1. The van der Waals surface area contributed by atoms with Crippen molar-refractivity contribution in [3.63, 3.8) is 0 Å². The van der Waals surface area contributed by atoms with E-state index in [0.717, 1.165) is 0 Å². The van der Waals surface area contributed by atoms with Gasteiger partial charge < -0.3 is 10.4 Å². The van der Waals surface area contributed by atoms with Gasteiger partial charge in [0.15, 0.2) is 5.82 Å². The Kier molecular flexibility index (Phi) is 4.47. The highest BCUT2D eigenvalue weighted by atomic mass is 35.5. The van der Waals surface area contributed by atoms with E-state index in [9.17, 15) is 5.11 Å². The van der Waals surface area contributed by atoms with Crippen molar-refractivity contribution in [3.8, 4) is 11.5 Å². The number of rotatable bonds is 4. The number of halogens is 2. The van der Waals surface area contributed by atoms with Gasteiger partial charge in [0.2, 0.25) is 11.2 Å². The molecule has 0 aromatic carbocycles. The quantitative estimate of drug-likeness (QED) is 0.841. The van der Waals surface area contributed by atoms with Gasteiger partial charge in [0.25, 0.3) is 0 Å². The lowest BCUT2D eigenvalue weighted by Crippen LogP contribution is -2.17. The third-order valence-corrected chi connectivity index (χ3v) is 2.49. The van der Waals surface area contributed by atoms with Crippen LogP contribution in [-0.4, -0.2) is 37.7 Å². The van der Waals surface area contributed by atoms with Gasteiger partial charge in [-0.1, -0.05) is 17.7 Å². The molecule has 2 heterocycles. The molecule has 0 radical (unpaired) electrons. The van der Waals surface area contributed by atoms with Crippen LogP contribution in [-0.2, 0) is 0 Å². The van der Waals surface area contributed by atoms with E-state index >= 15 is 0 Å². The highest BCUT2D eigenvalue weighted by Crippen LogP contribution is 2.17. The second kappa shape index (κ2) is 6.10. The lowest BCUT2D eigenvalue weighted by atomic mass is 10.3. The second-order valence-corrected chi connectivity index (χ2v) is 4.55. The molecule has 2 aromatic rings. The second-order valence-electron chi connectivity index (χ2n) is 3.83. The van der Waals surface area contributed by atoms with E-state index in [0.29, 0.717) is 23.2 Å². The van der Waals surface area contributed by atoms with Gasteiger partial charge in [-0.25, -0.2) is 4.98 Å². The van der Waals surface area contributed by atoms with E-state index in [4.69, 9.17) is 23.2 Å². The molecule has 0 aliphatic heterocycles. The lowest BCUT2D eigenvalue weighted by Gasteiger charge is -2.08. The average molecular weight is 300 g/mol. The number of nitrogens with zero attached hydrogens (tertiary/aromatic N) is 4. The zero-order chi connectivity index (χ0) is 13.8. The Labute approximate surface area is 119 Å². The number of aliphatic hydroxyl groups excluding tert-OH is 1. The highest BCUT2D eigenvalue weighted by Gasteiger charge is 2.09. The summed E-state index contributed by atoms with van der Waals surface area (Å²) >= 11 is 11.6.